The first-order valence-electron chi connectivity index (χ1n) is 8.12. The maximum atomic E-state index is 3.86. The number of piperazine rings is 1. The molecule has 1 aliphatic carbocycles. The van der Waals surface area contributed by atoms with Crippen molar-refractivity contribution in [3.8, 4) is 0 Å². The van der Waals surface area contributed by atoms with Crippen molar-refractivity contribution in [2.75, 3.05) is 19.6 Å². The van der Waals surface area contributed by atoms with E-state index < -0.39 is 0 Å². The zero-order valence-electron chi connectivity index (χ0n) is 12.8. The van der Waals surface area contributed by atoms with Gasteiger partial charge in [-0.05, 0) is 38.0 Å². The second-order valence-electron chi connectivity index (χ2n) is 6.75. The van der Waals surface area contributed by atoms with Gasteiger partial charge in [0, 0.05) is 31.2 Å². The molecule has 2 nitrogen and oxygen atoms in total. The minimum Gasteiger partial charge on any atom is -0.308 e. The van der Waals surface area contributed by atoms with Gasteiger partial charge in [-0.3, -0.25) is 4.90 Å². The topological polar surface area (TPSA) is 15.3 Å². The van der Waals surface area contributed by atoms with Crippen LogP contribution in [0.15, 0.2) is 0 Å². The summed E-state index contributed by atoms with van der Waals surface area (Å²) in [6.07, 6.45) is 6.83. The van der Waals surface area contributed by atoms with Crippen molar-refractivity contribution in [2.24, 2.45) is 11.8 Å². The van der Waals surface area contributed by atoms with Gasteiger partial charge in [0.15, 0.2) is 0 Å². The first kappa shape index (κ1) is 14.3. The van der Waals surface area contributed by atoms with Gasteiger partial charge in [-0.2, -0.15) is 0 Å². The van der Waals surface area contributed by atoms with Crippen LogP contribution in [0.2, 0.25) is 0 Å². The number of nitrogens with one attached hydrogen (secondary N) is 1. The lowest BCUT2D eigenvalue weighted by Gasteiger charge is -2.47. The number of hydrogen-bond acceptors (Lipinski definition) is 2. The molecule has 2 aliphatic rings. The Bertz CT molecular complexity index is 258. The molecule has 0 radical (unpaired) electrons. The van der Waals surface area contributed by atoms with Crippen molar-refractivity contribution in [3.05, 3.63) is 0 Å². The van der Waals surface area contributed by atoms with E-state index in [1.807, 2.05) is 0 Å². The predicted molar refractivity (Wildman–Crippen MR) is 78.9 cm³/mol. The first-order valence-corrected chi connectivity index (χ1v) is 8.12. The van der Waals surface area contributed by atoms with Gasteiger partial charge in [-0.25, -0.2) is 0 Å². The molecule has 1 saturated heterocycles. The molecule has 1 aliphatic heterocycles. The minimum absolute atomic E-state index is 0.400. The standard InChI is InChI=1S/C16H32N2/c1-5-13(6-2)11-18-12-16(4,14-8-9-14)17-10-15(18)7-3/h13-15,17H,5-12H2,1-4H3. The van der Waals surface area contributed by atoms with Crippen LogP contribution in [-0.4, -0.2) is 36.1 Å². The van der Waals surface area contributed by atoms with Crippen LogP contribution < -0.4 is 5.32 Å². The second-order valence-corrected chi connectivity index (χ2v) is 6.75. The van der Waals surface area contributed by atoms with E-state index >= 15 is 0 Å². The quantitative estimate of drug-likeness (QED) is 0.780. The molecule has 0 aromatic carbocycles. The van der Waals surface area contributed by atoms with Crippen LogP contribution in [-0.2, 0) is 0 Å². The Balaban J connectivity index is 1.98. The van der Waals surface area contributed by atoms with Gasteiger partial charge in [0.05, 0.1) is 0 Å². The molecule has 0 spiro atoms. The van der Waals surface area contributed by atoms with Crippen molar-refractivity contribution in [3.63, 3.8) is 0 Å². The summed E-state index contributed by atoms with van der Waals surface area (Å²) in [7, 11) is 0. The van der Waals surface area contributed by atoms with Gasteiger partial charge in [0.25, 0.3) is 0 Å². The van der Waals surface area contributed by atoms with Crippen LogP contribution in [0.5, 0.6) is 0 Å². The Labute approximate surface area is 114 Å². The van der Waals surface area contributed by atoms with E-state index in [4.69, 9.17) is 0 Å². The molecule has 1 saturated carbocycles. The van der Waals surface area contributed by atoms with E-state index in [2.05, 4.69) is 37.9 Å². The Morgan fingerprint density at radius 3 is 2.39 bits per heavy atom. The molecule has 18 heavy (non-hydrogen) atoms. The molecule has 2 atom stereocenters. The molecule has 1 N–H and O–H groups in total. The van der Waals surface area contributed by atoms with Crippen LogP contribution in [0.3, 0.4) is 0 Å². The van der Waals surface area contributed by atoms with Gasteiger partial charge in [0.2, 0.25) is 0 Å². The highest BCUT2D eigenvalue weighted by atomic mass is 15.3. The van der Waals surface area contributed by atoms with Gasteiger partial charge >= 0.3 is 0 Å². The maximum Gasteiger partial charge on any atom is 0.0309 e. The van der Waals surface area contributed by atoms with Gasteiger partial charge < -0.3 is 5.32 Å². The van der Waals surface area contributed by atoms with E-state index in [0.717, 1.165) is 17.9 Å². The molecule has 1 heterocycles. The highest BCUT2D eigenvalue weighted by Crippen LogP contribution is 2.41. The molecule has 2 rings (SSSR count). The molecule has 0 aromatic rings. The summed E-state index contributed by atoms with van der Waals surface area (Å²) in [4.78, 5) is 2.80. The Hall–Kier alpha value is -0.0800. The lowest BCUT2D eigenvalue weighted by Crippen LogP contribution is -2.64. The third-order valence-electron chi connectivity index (χ3n) is 5.39. The van der Waals surface area contributed by atoms with Crippen LogP contribution >= 0.6 is 0 Å². The van der Waals surface area contributed by atoms with E-state index in [1.165, 1.54) is 51.7 Å². The summed E-state index contributed by atoms with van der Waals surface area (Å²) in [6.45, 7) is 13.3. The largest absolute Gasteiger partial charge is 0.308 e. The monoisotopic (exact) mass is 252 g/mol. The predicted octanol–water partition coefficient (Wildman–Crippen LogP) is 3.28. The Morgan fingerprint density at radius 1 is 1.22 bits per heavy atom. The maximum absolute atomic E-state index is 3.86. The summed E-state index contributed by atoms with van der Waals surface area (Å²) in [5, 5.41) is 3.86. The lowest BCUT2D eigenvalue weighted by atomic mass is 9.89. The molecular formula is C16H32N2. The zero-order valence-corrected chi connectivity index (χ0v) is 12.8. The van der Waals surface area contributed by atoms with Gasteiger partial charge in [-0.15, -0.1) is 0 Å². The molecule has 0 bridgehead atoms. The van der Waals surface area contributed by atoms with Crippen LogP contribution in [0.1, 0.15) is 59.8 Å². The van der Waals surface area contributed by atoms with E-state index in [9.17, 15) is 0 Å². The average Bonchev–Trinajstić information content (AvgIpc) is 3.20. The number of hydrogen-bond donors (Lipinski definition) is 1. The van der Waals surface area contributed by atoms with E-state index in [0.29, 0.717) is 5.54 Å². The Morgan fingerprint density at radius 2 is 1.89 bits per heavy atom. The molecular weight excluding hydrogens is 220 g/mol. The molecule has 0 aromatic heterocycles. The number of nitrogens with zero attached hydrogens (tertiary/aromatic N) is 1. The molecule has 2 heteroatoms. The lowest BCUT2D eigenvalue weighted by molar-refractivity contribution is 0.0580. The average molecular weight is 252 g/mol. The molecule has 2 unspecified atom stereocenters. The van der Waals surface area contributed by atoms with E-state index in [-0.39, 0.29) is 0 Å². The molecule has 0 amide bonds. The molecule has 2 fully saturated rings. The highest BCUT2D eigenvalue weighted by Gasteiger charge is 2.45. The Kier molecular flexibility index (Phi) is 4.71. The van der Waals surface area contributed by atoms with Gasteiger partial charge in [-0.1, -0.05) is 33.6 Å². The first-order chi connectivity index (χ1) is 8.62. The summed E-state index contributed by atoms with van der Waals surface area (Å²) in [5.74, 6) is 1.83. The van der Waals surface area contributed by atoms with E-state index in [1.54, 1.807) is 0 Å². The highest BCUT2D eigenvalue weighted by molar-refractivity contribution is 5.04. The smallest absolute Gasteiger partial charge is 0.0309 e. The minimum atomic E-state index is 0.400. The van der Waals surface area contributed by atoms with Crippen molar-refractivity contribution >= 4 is 0 Å². The van der Waals surface area contributed by atoms with Gasteiger partial charge in [0.1, 0.15) is 0 Å². The third-order valence-corrected chi connectivity index (χ3v) is 5.39. The van der Waals surface area contributed by atoms with Crippen LogP contribution in [0.25, 0.3) is 0 Å². The van der Waals surface area contributed by atoms with Crippen molar-refractivity contribution < 1.29 is 0 Å². The van der Waals surface area contributed by atoms with Crippen LogP contribution in [0.4, 0.5) is 0 Å². The number of rotatable bonds is 6. The summed E-state index contributed by atoms with van der Waals surface area (Å²) in [5.41, 5.74) is 0.400. The fourth-order valence-corrected chi connectivity index (χ4v) is 3.58. The summed E-state index contributed by atoms with van der Waals surface area (Å²) < 4.78 is 0. The van der Waals surface area contributed by atoms with Crippen molar-refractivity contribution in [2.45, 2.75) is 71.4 Å². The van der Waals surface area contributed by atoms with Crippen molar-refractivity contribution in [1.29, 1.82) is 0 Å². The normalized spacial score (nSPS) is 34.2. The third kappa shape index (κ3) is 3.08. The fourth-order valence-electron chi connectivity index (χ4n) is 3.58. The van der Waals surface area contributed by atoms with Crippen LogP contribution in [0, 0.1) is 11.8 Å². The molecule has 106 valence electrons. The SMILES string of the molecule is CCC(CC)CN1CC(C)(C2CC2)NCC1CC. The summed E-state index contributed by atoms with van der Waals surface area (Å²) >= 11 is 0. The zero-order chi connectivity index (χ0) is 13.2. The fraction of sp³-hybridized carbons (Fsp3) is 1.00. The second kappa shape index (κ2) is 5.92. The van der Waals surface area contributed by atoms with Crippen molar-refractivity contribution in [1.82, 2.24) is 10.2 Å². The summed E-state index contributed by atoms with van der Waals surface area (Å²) in [6, 6.07) is 0.762.